The van der Waals surface area contributed by atoms with E-state index in [2.05, 4.69) is 10.3 Å². The molecule has 0 heterocycles. The molecule has 0 radical (unpaired) electrons. The minimum Gasteiger partial charge on any atom is -0.370 e. The standard InChI is InChI=1S/C16H24FN3/c17-14-8-4-6-13(12-14)7-5-11-19-16(18)20-15-9-2-1-3-10-15/h4,6,8,12,15H,1-3,5,7,9-11H2,(H3,18,19,20). The fraction of sp³-hybridized carbons (Fsp3) is 0.562. The molecule has 0 spiro atoms. The van der Waals surface area contributed by atoms with Crippen LogP contribution in [0.1, 0.15) is 44.1 Å². The van der Waals surface area contributed by atoms with Crippen LogP contribution in [0.3, 0.4) is 0 Å². The monoisotopic (exact) mass is 277 g/mol. The Kier molecular flexibility index (Phi) is 5.84. The van der Waals surface area contributed by atoms with Crippen molar-refractivity contribution in [3.8, 4) is 0 Å². The molecule has 3 N–H and O–H groups in total. The lowest BCUT2D eigenvalue weighted by Crippen LogP contribution is -2.41. The first kappa shape index (κ1) is 14.8. The third-order valence-electron chi connectivity index (χ3n) is 3.75. The van der Waals surface area contributed by atoms with E-state index in [0.29, 0.717) is 18.5 Å². The number of rotatable bonds is 5. The molecule has 20 heavy (non-hydrogen) atoms. The first-order valence-electron chi connectivity index (χ1n) is 7.55. The average molecular weight is 277 g/mol. The molecule has 0 aromatic heterocycles. The maximum atomic E-state index is 13.0. The van der Waals surface area contributed by atoms with Crippen LogP contribution in [0, 0.1) is 5.82 Å². The van der Waals surface area contributed by atoms with Gasteiger partial charge in [0.2, 0.25) is 0 Å². The average Bonchev–Trinajstić information content (AvgIpc) is 2.45. The van der Waals surface area contributed by atoms with Crippen molar-refractivity contribution in [3.05, 3.63) is 35.6 Å². The third kappa shape index (κ3) is 5.19. The van der Waals surface area contributed by atoms with Crippen LogP contribution in [-0.4, -0.2) is 18.5 Å². The van der Waals surface area contributed by atoms with E-state index >= 15 is 0 Å². The summed E-state index contributed by atoms with van der Waals surface area (Å²) >= 11 is 0. The highest BCUT2D eigenvalue weighted by Gasteiger charge is 2.12. The van der Waals surface area contributed by atoms with Crippen LogP contribution in [0.25, 0.3) is 0 Å². The zero-order valence-electron chi connectivity index (χ0n) is 11.9. The molecule has 0 aliphatic heterocycles. The van der Waals surface area contributed by atoms with Gasteiger partial charge in [0.25, 0.3) is 0 Å². The smallest absolute Gasteiger partial charge is 0.188 e. The van der Waals surface area contributed by atoms with E-state index in [4.69, 9.17) is 5.73 Å². The van der Waals surface area contributed by atoms with Gasteiger partial charge in [0.1, 0.15) is 5.82 Å². The summed E-state index contributed by atoms with van der Waals surface area (Å²) < 4.78 is 13.0. The highest BCUT2D eigenvalue weighted by atomic mass is 19.1. The van der Waals surface area contributed by atoms with Gasteiger partial charge in [0.05, 0.1) is 0 Å². The molecule has 1 aromatic rings. The molecule has 1 aliphatic rings. The summed E-state index contributed by atoms with van der Waals surface area (Å²) in [5.74, 6) is 0.376. The number of aliphatic imine (C=N–C) groups is 1. The molecule has 2 rings (SSSR count). The molecule has 1 fully saturated rings. The van der Waals surface area contributed by atoms with Crippen LogP contribution in [0.4, 0.5) is 4.39 Å². The molecule has 0 bridgehead atoms. The van der Waals surface area contributed by atoms with Crippen molar-refractivity contribution < 1.29 is 4.39 Å². The van der Waals surface area contributed by atoms with Gasteiger partial charge < -0.3 is 11.1 Å². The Morgan fingerprint density at radius 2 is 2.10 bits per heavy atom. The van der Waals surface area contributed by atoms with Gasteiger partial charge in [-0.3, -0.25) is 4.99 Å². The van der Waals surface area contributed by atoms with E-state index < -0.39 is 0 Å². The van der Waals surface area contributed by atoms with E-state index in [9.17, 15) is 4.39 Å². The van der Waals surface area contributed by atoms with Gasteiger partial charge in [-0.15, -0.1) is 0 Å². The van der Waals surface area contributed by atoms with Crippen molar-refractivity contribution in [1.29, 1.82) is 0 Å². The second-order valence-corrected chi connectivity index (χ2v) is 5.48. The summed E-state index contributed by atoms with van der Waals surface area (Å²) in [6.07, 6.45) is 8.01. The number of guanidine groups is 1. The van der Waals surface area contributed by atoms with Crippen LogP contribution >= 0.6 is 0 Å². The molecular weight excluding hydrogens is 253 g/mol. The van der Waals surface area contributed by atoms with Crippen molar-refractivity contribution in [3.63, 3.8) is 0 Å². The van der Waals surface area contributed by atoms with Gasteiger partial charge in [-0.05, 0) is 43.4 Å². The summed E-state index contributed by atoms with van der Waals surface area (Å²) in [6.45, 7) is 0.683. The van der Waals surface area contributed by atoms with E-state index in [-0.39, 0.29) is 5.82 Å². The molecule has 0 unspecified atom stereocenters. The summed E-state index contributed by atoms with van der Waals surface area (Å²) in [5, 5.41) is 3.29. The predicted molar refractivity (Wildman–Crippen MR) is 81.2 cm³/mol. The summed E-state index contributed by atoms with van der Waals surface area (Å²) in [7, 11) is 0. The number of aryl methyl sites for hydroxylation is 1. The molecule has 1 aliphatic carbocycles. The molecule has 3 nitrogen and oxygen atoms in total. The minimum absolute atomic E-state index is 0.176. The second-order valence-electron chi connectivity index (χ2n) is 5.48. The molecular formula is C16H24FN3. The number of hydrogen-bond acceptors (Lipinski definition) is 1. The van der Waals surface area contributed by atoms with Gasteiger partial charge in [-0.1, -0.05) is 31.4 Å². The van der Waals surface area contributed by atoms with Crippen LogP contribution in [0.15, 0.2) is 29.3 Å². The molecule has 0 atom stereocenters. The van der Waals surface area contributed by atoms with Gasteiger partial charge in [-0.2, -0.15) is 0 Å². The maximum Gasteiger partial charge on any atom is 0.188 e. The van der Waals surface area contributed by atoms with Gasteiger partial charge in [-0.25, -0.2) is 4.39 Å². The normalized spacial score (nSPS) is 17.1. The fourth-order valence-corrected chi connectivity index (χ4v) is 2.68. The summed E-state index contributed by atoms with van der Waals surface area (Å²) in [6, 6.07) is 7.22. The van der Waals surface area contributed by atoms with Gasteiger partial charge in [0.15, 0.2) is 5.96 Å². The number of halogens is 1. The molecule has 110 valence electrons. The highest BCUT2D eigenvalue weighted by Crippen LogP contribution is 2.17. The quantitative estimate of drug-likeness (QED) is 0.494. The summed E-state index contributed by atoms with van der Waals surface area (Å²) in [4.78, 5) is 4.35. The Morgan fingerprint density at radius 1 is 1.30 bits per heavy atom. The zero-order valence-corrected chi connectivity index (χ0v) is 11.9. The summed E-state index contributed by atoms with van der Waals surface area (Å²) in [5.41, 5.74) is 6.90. The SMILES string of the molecule is NC(=NCCCc1cccc(F)c1)NC1CCCCC1. The van der Waals surface area contributed by atoms with Crippen LogP contribution < -0.4 is 11.1 Å². The second kappa shape index (κ2) is 7.88. The Balaban J connectivity index is 1.67. The van der Waals surface area contributed by atoms with E-state index in [1.165, 1.54) is 38.2 Å². The molecule has 0 amide bonds. The molecule has 1 aromatic carbocycles. The Labute approximate surface area is 120 Å². The van der Waals surface area contributed by atoms with E-state index in [0.717, 1.165) is 18.4 Å². The third-order valence-corrected chi connectivity index (χ3v) is 3.75. The Hall–Kier alpha value is -1.58. The van der Waals surface area contributed by atoms with E-state index in [1.807, 2.05) is 6.07 Å². The minimum atomic E-state index is -0.176. The van der Waals surface area contributed by atoms with Crippen molar-refractivity contribution >= 4 is 5.96 Å². The lowest BCUT2D eigenvalue weighted by Gasteiger charge is -2.23. The largest absolute Gasteiger partial charge is 0.370 e. The van der Waals surface area contributed by atoms with Crippen LogP contribution in [0.5, 0.6) is 0 Å². The number of nitrogens with one attached hydrogen (secondary N) is 1. The predicted octanol–water partition coefficient (Wildman–Crippen LogP) is 3.00. The van der Waals surface area contributed by atoms with Crippen molar-refractivity contribution in [2.45, 2.75) is 51.0 Å². The van der Waals surface area contributed by atoms with Crippen LogP contribution in [-0.2, 0) is 6.42 Å². The lowest BCUT2D eigenvalue weighted by atomic mass is 9.96. The van der Waals surface area contributed by atoms with Crippen molar-refractivity contribution in [2.75, 3.05) is 6.54 Å². The number of nitrogens with zero attached hydrogens (tertiary/aromatic N) is 1. The van der Waals surface area contributed by atoms with Crippen LogP contribution in [0.2, 0.25) is 0 Å². The molecule has 4 heteroatoms. The number of nitrogens with two attached hydrogens (primary N) is 1. The topological polar surface area (TPSA) is 50.4 Å². The Bertz CT molecular complexity index is 439. The number of hydrogen-bond donors (Lipinski definition) is 2. The maximum absolute atomic E-state index is 13.0. The molecule has 1 saturated carbocycles. The van der Waals surface area contributed by atoms with Crippen molar-refractivity contribution in [1.82, 2.24) is 5.32 Å². The first-order chi connectivity index (χ1) is 9.74. The zero-order chi connectivity index (χ0) is 14.2. The van der Waals surface area contributed by atoms with Gasteiger partial charge >= 0.3 is 0 Å². The molecule has 0 saturated heterocycles. The van der Waals surface area contributed by atoms with Gasteiger partial charge in [0, 0.05) is 12.6 Å². The lowest BCUT2D eigenvalue weighted by molar-refractivity contribution is 0.412. The highest BCUT2D eigenvalue weighted by molar-refractivity contribution is 5.78. The van der Waals surface area contributed by atoms with E-state index in [1.54, 1.807) is 12.1 Å². The van der Waals surface area contributed by atoms with Crippen molar-refractivity contribution in [2.24, 2.45) is 10.7 Å². The number of benzene rings is 1. The fourth-order valence-electron chi connectivity index (χ4n) is 2.68. The first-order valence-corrected chi connectivity index (χ1v) is 7.55. The Morgan fingerprint density at radius 3 is 2.85 bits per heavy atom.